The van der Waals surface area contributed by atoms with Gasteiger partial charge in [-0.25, -0.2) is 27.6 Å². The summed E-state index contributed by atoms with van der Waals surface area (Å²) >= 11 is 6.14. The summed E-state index contributed by atoms with van der Waals surface area (Å²) in [6, 6.07) is -2.72. The van der Waals surface area contributed by atoms with Crippen LogP contribution in [0.3, 0.4) is 0 Å². The van der Waals surface area contributed by atoms with Crippen molar-refractivity contribution in [2.24, 2.45) is 0 Å². The average molecular weight is 552 g/mol. The number of hydrogen-bond donors (Lipinski definition) is 3. The molecule has 1 atom stereocenters. The van der Waals surface area contributed by atoms with Gasteiger partial charge in [-0.2, -0.15) is 5.10 Å². The maximum absolute atomic E-state index is 15.9. The monoisotopic (exact) mass is 551 g/mol. The molecule has 0 aliphatic rings. The van der Waals surface area contributed by atoms with Crippen LogP contribution in [0.4, 0.5) is 20.8 Å². The van der Waals surface area contributed by atoms with Crippen LogP contribution in [0, 0.1) is 5.82 Å². The number of amides is 1. The molecule has 0 saturated carbocycles. The van der Waals surface area contributed by atoms with Gasteiger partial charge in [0.15, 0.2) is 5.82 Å². The molecule has 0 aliphatic carbocycles. The van der Waals surface area contributed by atoms with E-state index in [-0.39, 0.29) is 21.0 Å². The number of ether oxygens (including phenoxy) is 1. The molecule has 3 N–H and O–H groups in total. The second kappa shape index (κ2) is 11.1. The largest absolute Gasteiger partial charge is 0.453 e. The zero-order valence-electron chi connectivity index (χ0n) is 30.6. The molecule has 0 radical (unpaired) electrons. The molecule has 0 unspecified atom stereocenters. The molecule has 1 aromatic carbocycles. The standard InChI is InChI=1S/C22H27ClFN7O4S/c1-12(2)31-11-16(17-6-7-25-21(28-17)26-10-13(3)27-22(32)35-4)20(29-31)15-8-14(23)9-18(19(15)24)30-36(5,33)34/h6-9,11-13,30H,10H2,1-5H3,(H,27,32)(H,25,26,28)/t13-/m1/s1/i1D3,2D3,3D3,10D2,12D. The molecule has 1 amide bonds. The quantitative estimate of drug-likeness (QED) is 0.363. The third kappa shape index (κ3) is 6.82. The summed E-state index contributed by atoms with van der Waals surface area (Å²) in [6.07, 6.45) is 1.20. The lowest BCUT2D eigenvalue weighted by atomic mass is 10.0. The fourth-order valence-electron chi connectivity index (χ4n) is 2.83. The van der Waals surface area contributed by atoms with E-state index in [2.05, 4.69) is 25.1 Å². The zero-order chi connectivity index (χ0) is 36.8. The molecular weight excluding hydrogens is 513 g/mol. The number of methoxy groups -OCH3 is 1. The van der Waals surface area contributed by atoms with Gasteiger partial charge in [0, 0.05) is 59.4 Å². The Bertz CT molecular complexity index is 1790. The van der Waals surface area contributed by atoms with E-state index in [1.807, 2.05) is 10.0 Å². The molecule has 11 nitrogen and oxygen atoms in total. The molecule has 3 aromatic rings. The van der Waals surface area contributed by atoms with E-state index in [4.69, 9.17) is 28.1 Å². The Hall–Kier alpha value is -3.45. The molecule has 0 bridgehead atoms. The molecule has 3 rings (SSSR count). The Labute approximate surface area is 230 Å². The summed E-state index contributed by atoms with van der Waals surface area (Å²) in [4.78, 5) is 19.7. The first-order chi connectivity index (χ1) is 21.6. The van der Waals surface area contributed by atoms with Crippen molar-refractivity contribution in [3.63, 3.8) is 0 Å². The summed E-state index contributed by atoms with van der Waals surface area (Å²) < 4.78 is 142. The molecule has 2 heterocycles. The van der Waals surface area contributed by atoms with Crippen molar-refractivity contribution in [1.82, 2.24) is 25.1 Å². The van der Waals surface area contributed by atoms with Gasteiger partial charge >= 0.3 is 6.09 Å². The predicted octanol–water partition coefficient (Wildman–Crippen LogP) is 3.91. The number of nitrogens with zero attached hydrogens (tertiary/aromatic N) is 4. The smallest absolute Gasteiger partial charge is 0.407 e. The number of aromatic nitrogens is 4. The third-order valence-electron chi connectivity index (χ3n) is 4.24. The SMILES string of the molecule is [2H]C([2H])([2H])[C@@H](NC(=O)OC)C([2H])([2H])Nc1nccc(-c2cn(C([2H])(C([2H])([2H])[2H])C([2H])([2H])[2H])nc2-c2cc(Cl)cc(NS(C)(=O)=O)c2F)n1. The number of carbonyl (C=O) groups excluding carboxylic acids is 1. The van der Waals surface area contributed by atoms with Crippen molar-refractivity contribution < 1.29 is 38.8 Å². The highest BCUT2D eigenvalue weighted by molar-refractivity contribution is 7.92. The zero-order valence-corrected chi connectivity index (χ0v) is 20.1. The second-order valence-electron chi connectivity index (χ2n) is 6.98. The van der Waals surface area contributed by atoms with Gasteiger partial charge in [-0.3, -0.25) is 9.40 Å². The number of benzene rings is 1. The number of halogens is 2. The lowest BCUT2D eigenvalue weighted by Crippen LogP contribution is -2.37. The van der Waals surface area contributed by atoms with Crippen molar-refractivity contribution in [3.8, 4) is 22.5 Å². The molecule has 2 aromatic heterocycles. The van der Waals surface area contributed by atoms with Gasteiger partial charge in [-0.05, 0) is 38.8 Å². The van der Waals surface area contributed by atoms with E-state index in [9.17, 15) is 13.2 Å². The summed E-state index contributed by atoms with van der Waals surface area (Å²) in [5.74, 6) is -1.93. The van der Waals surface area contributed by atoms with Crippen LogP contribution < -0.4 is 15.4 Å². The fraction of sp³-hybridized carbons (Fsp3) is 0.364. The van der Waals surface area contributed by atoms with E-state index in [1.165, 1.54) is 0 Å². The topological polar surface area (TPSA) is 140 Å². The van der Waals surface area contributed by atoms with Crippen LogP contribution in [0.5, 0.6) is 0 Å². The highest BCUT2D eigenvalue weighted by atomic mass is 35.5. The minimum absolute atomic E-state index is 0.237. The maximum atomic E-state index is 15.9. The highest BCUT2D eigenvalue weighted by Gasteiger charge is 2.22. The Kier molecular flexibility index (Phi) is 4.60. The molecule has 0 spiro atoms. The Morgan fingerprint density at radius 3 is 2.81 bits per heavy atom. The number of sulfonamides is 1. The number of hydrogen-bond acceptors (Lipinski definition) is 8. The van der Waals surface area contributed by atoms with Crippen LogP contribution in [0.15, 0.2) is 30.6 Å². The van der Waals surface area contributed by atoms with Crippen molar-refractivity contribution in [3.05, 3.63) is 41.4 Å². The van der Waals surface area contributed by atoms with Gasteiger partial charge in [-0.1, -0.05) is 11.6 Å². The fourth-order valence-corrected chi connectivity index (χ4v) is 3.60. The Balaban J connectivity index is 2.33. The minimum Gasteiger partial charge on any atom is -0.453 e. The molecule has 0 fully saturated rings. The van der Waals surface area contributed by atoms with Gasteiger partial charge in [0.2, 0.25) is 16.0 Å². The van der Waals surface area contributed by atoms with E-state index in [1.54, 1.807) is 0 Å². The van der Waals surface area contributed by atoms with Crippen LogP contribution in [-0.2, 0) is 14.8 Å². The first kappa shape index (κ1) is 15.0. The summed E-state index contributed by atoms with van der Waals surface area (Å²) in [5, 5.41) is 7.69. The van der Waals surface area contributed by atoms with Crippen LogP contribution >= 0.6 is 11.6 Å². The highest BCUT2D eigenvalue weighted by Crippen LogP contribution is 2.37. The van der Waals surface area contributed by atoms with Gasteiger partial charge in [0.05, 0.1) is 28.9 Å². The van der Waals surface area contributed by atoms with Crippen molar-refractivity contribution in [2.45, 2.75) is 32.6 Å². The Morgan fingerprint density at radius 1 is 1.36 bits per heavy atom. The minimum atomic E-state index is -4.08. The van der Waals surface area contributed by atoms with Gasteiger partial charge in [0.25, 0.3) is 0 Å². The molecule has 194 valence electrons. The van der Waals surface area contributed by atoms with Crippen molar-refractivity contribution >= 4 is 39.4 Å². The summed E-state index contributed by atoms with van der Waals surface area (Å²) in [6.45, 7) is -13.3. The molecular formula is C22H27ClFN7O4S. The van der Waals surface area contributed by atoms with Gasteiger partial charge < -0.3 is 15.4 Å². The maximum Gasteiger partial charge on any atom is 0.407 e. The molecule has 36 heavy (non-hydrogen) atoms. The number of alkyl carbamates (subject to hydrolysis) is 1. The normalized spacial score (nSPS) is 19.0. The number of nitrogens with one attached hydrogen (secondary N) is 3. The van der Waals surface area contributed by atoms with Gasteiger partial charge in [0.1, 0.15) is 5.69 Å². The van der Waals surface area contributed by atoms with Crippen LogP contribution in [0.1, 0.15) is 43.0 Å². The first-order valence-corrected chi connectivity index (χ1v) is 11.9. The van der Waals surface area contributed by atoms with Gasteiger partial charge in [-0.15, -0.1) is 0 Å². The van der Waals surface area contributed by atoms with Crippen LogP contribution in [-0.4, -0.2) is 60.2 Å². The lowest BCUT2D eigenvalue weighted by Gasteiger charge is -2.14. The Morgan fingerprint density at radius 2 is 2.14 bits per heavy atom. The summed E-state index contributed by atoms with van der Waals surface area (Å²) in [5.41, 5.74) is -2.56. The third-order valence-corrected chi connectivity index (χ3v) is 5.05. The van der Waals surface area contributed by atoms with E-state index >= 15 is 4.39 Å². The summed E-state index contributed by atoms with van der Waals surface area (Å²) in [7, 11) is -3.15. The molecule has 0 saturated heterocycles. The number of carbonyl (C=O) groups is 1. The second-order valence-corrected chi connectivity index (χ2v) is 9.16. The van der Waals surface area contributed by atoms with Crippen LogP contribution in [0.25, 0.3) is 22.5 Å². The number of anilines is 2. The van der Waals surface area contributed by atoms with E-state index in [0.29, 0.717) is 0 Å². The lowest BCUT2D eigenvalue weighted by molar-refractivity contribution is 0.168. The number of rotatable bonds is 9. The molecule has 14 heteroatoms. The molecule has 0 aliphatic heterocycles. The predicted molar refractivity (Wildman–Crippen MR) is 136 cm³/mol. The van der Waals surface area contributed by atoms with Crippen molar-refractivity contribution in [2.75, 3.05) is 29.9 Å². The van der Waals surface area contributed by atoms with Crippen LogP contribution in [0.2, 0.25) is 5.02 Å². The first-order valence-electron chi connectivity index (χ1n) is 15.7. The average Bonchev–Trinajstić information content (AvgIpc) is 3.35. The van der Waals surface area contributed by atoms with E-state index < -0.39 is 83.9 Å². The van der Waals surface area contributed by atoms with Crippen molar-refractivity contribution in [1.29, 1.82) is 0 Å². The van der Waals surface area contributed by atoms with E-state index in [0.717, 1.165) is 44.0 Å².